The normalized spacial score (nSPS) is 12.6. The van der Waals surface area contributed by atoms with Crippen LogP contribution in [0, 0.1) is 6.92 Å². The molecule has 19 heavy (non-hydrogen) atoms. The molecule has 102 valence electrons. The summed E-state index contributed by atoms with van der Waals surface area (Å²) in [5, 5.41) is 0. The number of aliphatic imine (C=N–C) groups is 2. The Balaban J connectivity index is 3.10. The quantitative estimate of drug-likeness (QED) is 0.521. The molecule has 1 aromatic carbocycles. The summed E-state index contributed by atoms with van der Waals surface area (Å²) in [4.78, 5) is 7.77. The highest BCUT2D eigenvalue weighted by molar-refractivity contribution is 5.97. The van der Waals surface area contributed by atoms with E-state index in [1.807, 2.05) is 19.1 Å². The van der Waals surface area contributed by atoms with E-state index in [1.54, 1.807) is 6.20 Å². The van der Waals surface area contributed by atoms with Gasteiger partial charge in [-0.05, 0) is 24.8 Å². The molecule has 0 aliphatic rings. The van der Waals surface area contributed by atoms with Crippen LogP contribution in [0.2, 0.25) is 0 Å². The van der Waals surface area contributed by atoms with E-state index < -0.39 is 0 Å². The average molecular weight is 259 g/mol. The van der Waals surface area contributed by atoms with E-state index >= 15 is 0 Å². The summed E-state index contributed by atoms with van der Waals surface area (Å²) < 4.78 is 0. The number of rotatable bonds is 6. The molecule has 0 fully saturated rings. The summed E-state index contributed by atoms with van der Waals surface area (Å²) in [7, 11) is 0. The average Bonchev–Trinajstić information content (AvgIpc) is 2.39. The van der Waals surface area contributed by atoms with Crippen molar-refractivity contribution in [1.29, 1.82) is 0 Å². The maximum absolute atomic E-state index is 5.87. The third-order valence-corrected chi connectivity index (χ3v) is 2.80. The number of amidine groups is 1. The summed E-state index contributed by atoms with van der Waals surface area (Å²) in [6.45, 7) is 6.12. The van der Waals surface area contributed by atoms with E-state index in [0.29, 0.717) is 18.8 Å². The first kappa shape index (κ1) is 15.1. The van der Waals surface area contributed by atoms with E-state index in [9.17, 15) is 0 Å². The van der Waals surface area contributed by atoms with Crippen LogP contribution in [-0.2, 0) is 13.0 Å². The smallest absolute Gasteiger partial charge is 0.124 e. The van der Waals surface area contributed by atoms with Gasteiger partial charge in [0.2, 0.25) is 0 Å². The lowest BCUT2D eigenvalue weighted by Crippen LogP contribution is -2.19. The van der Waals surface area contributed by atoms with Crippen LogP contribution in [-0.4, -0.2) is 19.2 Å². The Morgan fingerprint density at radius 1 is 1.32 bits per heavy atom. The van der Waals surface area contributed by atoms with Crippen LogP contribution in [0.25, 0.3) is 0 Å². The fraction of sp³-hybridized carbons (Fsp3) is 0.286. The topological polar surface area (TPSA) is 103 Å². The van der Waals surface area contributed by atoms with Crippen molar-refractivity contribution in [3.05, 3.63) is 46.7 Å². The fourth-order valence-electron chi connectivity index (χ4n) is 1.84. The highest BCUT2D eigenvalue weighted by Gasteiger charge is 2.08. The Labute approximate surface area is 113 Å². The molecule has 0 heterocycles. The van der Waals surface area contributed by atoms with Gasteiger partial charge in [-0.2, -0.15) is 0 Å². The van der Waals surface area contributed by atoms with Gasteiger partial charge in [-0.15, -0.1) is 0 Å². The number of hydrogen-bond acceptors (Lipinski definition) is 4. The van der Waals surface area contributed by atoms with E-state index in [0.717, 1.165) is 16.7 Å². The molecule has 0 atom stereocenters. The fourth-order valence-corrected chi connectivity index (χ4v) is 1.84. The Morgan fingerprint density at radius 2 is 2.05 bits per heavy atom. The van der Waals surface area contributed by atoms with Gasteiger partial charge in [-0.25, -0.2) is 0 Å². The molecule has 0 saturated carbocycles. The van der Waals surface area contributed by atoms with Crippen molar-refractivity contribution in [3.8, 4) is 0 Å². The molecule has 0 aliphatic heterocycles. The highest BCUT2D eigenvalue weighted by atomic mass is 14.9. The number of hydrogen-bond donors (Lipinski definition) is 3. The third kappa shape index (κ3) is 4.31. The van der Waals surface area contributed by atoms with Gasteiger partial charge in [0.15, 0.2) is 0 Å². The highest BCUT2D eigenvalue weighted by Crippen LogP contribution is 2.16. The van der Waals surface area contributed by atoms with Crippen LogP contribution in [0.5, 0.6) is 0 Å². The van der Waals surface area contributed by atoms with Crippen LogP contribution in [0.3, 0.4) is 0 Å². The molecule has 0 aromatic heterocycles. The Morgan fingerprint density at radius 3 is 2.63 bits per heavy atom. The Kier molecular flexibility index (Phi) is 5.92. The largest absolute Gasteiger partial charge is 0.384 e. The number of nitrogens with zero attached hydrogens (tertiary/aromatic N) is 2. The van der Waals surface area contributed by atoms with Crippen molar-refractivity contribution in [2.24, 2.45) is 27.2 Å². The predicted molar refractivity (Wildman–Crippen MR) is 81.1 cm³/mol. The molecule has 0 aliphatic carbocycles. The maximum atomic E-state index is 5.87. The zero-order valence-corrected chi connectivity index (χ0v) is 11.3. The summed E-state index contributed by atoms with van der Waals surface area (Å²) in [6.07, 6.45) is 2.22. The van der Waals surface area contributed by atoms with Crippen molar-refractivity contribution >= 4 is 12.6 Å². The predicted octanol–water partition coefficient (Wildman–Crippen LogP) is 0.854. The van der Waals surface area contributed by atoms with E-state index in [4.69, 9.17) is 17.2 Å². The monoisotopic (exact) mass is 259 g/mol. The minimum absolute atomic E-state index is 0.151. The lowest BCUT2D eigenvalue weighted by atomic mass is 9.97. The molecule has 0 bridgehead atoms. The Hall–Kier alpha value is -1.98. The van der Waals surface area contributed by atoms with Gasteiger partial charge in [-0.3, -0.25) is 9.98 Å². The molecule has 0 spiro atoms. The van der Waals surface area contributed by atoms with Crippen LogP contribution in [0.4, 0.5) is 0 Å². The molecule has 0 saturated heterocycles. The lowest BCUT2D eigenvalue weighted by molar-refractivity contribution is 1.01. The minimum atomic E-state index is 0.151. The van der Waals surface area contributed by atoms with Crippen molar-refractivity contribution in [3.63, 3.8) is 0 Å². The second kappa shape index (κ2) is 7.45. The maximum Gasteiger partial charge on any atom is 0.124 e. The van der Waals surface area contributed by atoms with Crippen LogP contribution < -0.4 is 17.2 Å². The molecule has 5 heteroatoms. The van der Waals surface area contributed by atoms with E-state index in [2.05, 4.69) is 22.8 Å². The summed E-state index contributed by atoms with van der Waals surface area (Å²) in [5.74, 6) is 0.388. The first-order valence-corrected chi connectivity index (χ1v) is 6.06. The van der Waals surface area contributed by atoms with Crippen molar-refractivity contribution < 1.29 is 0 Å². The first-order chi connectivity index (χ1) is 9.12. The van der Waals surface area contributed by atoms with Gasteiger partial charge in [0.1, 0.15) is 5.84 Å². The molecule has 5 nitrogen and oxygen atoms in total. The van der Waals surface area contributed by atoms with E-state index in [-0.39, 0.29) is 6.67 Å². The molecular formula is C14H21N5. The van der Waals surface area contributed by atoms with Crippen molar-refractivity contribution in [2.45, 2.75) is 19.9 Å². The van der Waals surface area contributed by atoms with Crippen LogP contribution in [0.1, 0.15) is 16.7 Å². The minimum Gasteiger partial charge on any atom is -0.384 e. The van der Waals surface area contributed by atoms with Gasteiger partial charge < -0.3 is 17.2 Å². The number of nitrogens with two attached hydrogens (primary N) is 3. The van der Waals surface area contributed by atoms with Crippen molar-refractivity contribution in [1.82, 2.24) is 0 Å². The van der Waals surface area contributed by atoms with Gasteiger partial charge in [-0.1, -0.05) is 23.8 Å². The first-order valence-electron chi connectivity index (χ1n) is 6.06. The molecule has 0 radical (unpaired) electrons. The van der Waals surface area contributed by atoms with E-state index in [1.165, 1.54) is 5.56 Å². The second-order valence-electron chi connectivity index (χ2n) is 4.22. The molecule has 1 aromatic rings. The standard InChI is InChI=1S/C14H21N5/c1-10-3-4-11(7-15)12(5-10)6-13(8-18-2)14(17)19-9-16/h3-5,8H,2,6-7,9,15-16H2,1H3,(H2,17,19)/b13-8-. The SMILES string of the molecule is C=N/C=C(Cc1cc(C)ccc1CN)\C(N)=N/CN. The van der Waals surface area contributed by atoms with Gasteiger partial charge in [0.05, 0.1) is 6.67 Å². The number of aryl methyl sites for hydroxylation is 1. The lowest BCUT2D eigenvalue weighted by Gasteiger charge is -2.11. The molecule has 1 rings (SSSR count). The van der Waals surface area contributed by atoms with Crippen molar-refractivity contribution in [2.75, 3.05) is 6.67 Å². The molecule has 0 unspecified atom stereocenters. The zero-order chi connectivity index (χ0) is 14.3. The summed E-state index contributed by atoms with van der Waals surface area (Å²) >= 11 is 0. The van der Waals surface area contributed by atoms with Crippen LogP contribution >= 0.6 is 0 Å². The van der Waals surface area contributed by atoms with Gasteiger partial charge in [0, 0.05) is 24.7 Å². The van der Waals surface area contributed by atoms with Gasteiger partial charge >= 0.3 is 0 Å². The number of benzene rings is 1. The van der Waals surface area contributed by atoms with Gasteiger partial charge in [0.25, 0.3) is 0 Å². The molecule has 0 amide bonds. The Bertz CT molecular complexity index is 503. The summed E-state index contributed by atoms with van der Waals surface area (Å²) in [6, 6.07) is 6.16. The second-order valence-corrected chi connectivity index (χ2v) is 4.22. The molecule has 6 N–H and O–H groups in total. The molecular weight excluding hydrogens is 238 g/mol. The zero-order valence-electron chi connectivity index (χ0n) is 11.3. The summed E-state index contributed by atoms with van der Waals surface area (Å²) in [5.41, 5.74) is 21.2. The van der Waals surface area contributed by atoms with Crippen LogP contribution in [0.15, 0.2) is 40.0 Å². The third-order valence-electron chi connectivity index (χ3n) is 2.80.